The van der Waals surface area contributed by atoms with E-state index in [1.807, 2.05) is 9.80 Å². The second kappa shape index (κ2) is 6.74. The molecule has 2 aliphatic heterocycles. The van der Waals surface area contributed by atoms with Crippen LogP contribution in [0, 0.1) is 11.7 Å². The van der Waals surface area contributed by atoms with Crippen molar-refractivity contribution in [1.82, 2.24) is 14.9 Å². The molecule has 0 unspecified atom stereocenters. The Morgan fingerprint density at radius 1 is 1.12 bits per heavy atom. The van der Waals surface area contributed by atoms with Gasteiger partial charge in [0.05, 0.1) is 5.69 Å². The summed E-state index contributed by atoms with van der Waals surface area (Å²) in [5, 5.41) is 0. The summed E-state index contributed by atoms with van der Waals surface area (Å²) in [4.78, 5) is 35.1. The molecule has 1 aliphatic carbocycles. The number of aromatic nitrogens is 2. The van der Waals surface area contributed by atoms with Crippen molar-refractivity contribution >= 4 is 11.9 Å². The zero-order valence-corrected chi connectivity index (χ0v) is 14.2. The highest BCUT2D eigenvalue weighted by atomic mass is 19.1. The van der Waals surface area contributed by atoms with Crippen molar-refractivity contribution in [3.8, 4) is 0 Å². The third-order valence-corrected chi connectivity index (χ3v) is 5.30. The first-order valence-corrected chi connectivity index (χ1v) is 9.04. The first-order chi connectivity index (χ1) is 12.1. The van der Waals surface area contributed by atoms with Crippen LogP contribution in [-0.4, -0.2) is 60.2 Å². The molecule has 2 saturated heterocycles. The molecule has 3 fully saturated rings. The van der Waals surface area contributed by atoms with Gasteiger partial charge in [-0.1, -0.05) is 0 Å². The topological polar surface area (TPSA) is 78.5 Å². The number of rotatable bonds is 3. The quantitative estimate of drug-likeness (QED) is 0.875. The van der Waals surface area contributed by atoms with E-state index in [9.17, 15) is 14.0 Å². The number of ether oxygens (including phenoxy) is 1. The van der Waals surface area contributed by atoms with Gasteiger partial charge in [-0.25, -0.2) is 4.98 Å². The van der Waals surface area contributed by atoms with E-state index in [4.69, 9.17) is 4.74 Å². The summed E-state index contributed by atoms with van der Waals surface area (Å²) in [5.41, 5.74) is -0.410. The van der Waals surface area contributed by atoms with Crippen LogP contribution in [0.15, 0.2) is 4.79 Å². The molecule has 0 spiro atoms. The fourth-order valence-corrected chi connectivity index (χ4v) is 3.58. The highest BCUT2D eigenvalue weighted by Crippen LogP contribution is 2.39. The van der Waals surface area contributed by atoms with Gasteiger partial charge in [-0.2, -0.15) is 4.39 Å². The summed E-state index contributed by atoms with van der Waals surface area (Å²) in [6.07, 6.45) is 3.35. The average Bonchev–Trinajstić information content (AvgIpc) is 3.49. The van der Waals surface area contributed by atoms with E-state index in [-0.39, 0.29) is 17.7 Å². The van der Waals surface area contributed by atoms with Crippen LogP contribution in [0.4, 0.5) is 10.3 Å². The molecule has 3 heterocycles. The van der Waals surface area contributed by atoms with Gasteiger partial charge in [-0.15, -0.1) is 0 Å². The second-order valence-corrected chi connectivity index (χ2v) is 7.06. The maximum atomic E-state index is 13.9. The number of carbonyl (C=O) groups is 1. The van der Waals surface area contributed by atoms with Gasteiger partial charge in [-0.3, -0.25) is 14.6 Å². The van der Waals surface area contributed by atoms with Gasteiger partial charge in [-0.05, 0) is 25.7 Å². The molecule has 4 rings (SSSR count). The van der Waals surface area contributed by atoms with Crippen molar-refractivity contribution in [3.63, 3.8) is 0 Å². The third kappa shape index (κ3) is 3.40. The number of halogens is 1. The van der Waals surface area contributed by atoms with Crippen molar-refractivity contribution in [1.29, 1.82) is 0 Å². The molecule has 1 amide bonds. The highest BCUT2D eigenvalue weighted by Gasteiger charge is 2.32. The highest BCUT2D eigenvalue weighted by molar-refractivity contribution is 5.79. The molecular weight excluding hydrogens is 327 g/mol. The Morgan fingerprint density at radius 2 is 1.80 bits per heavy atom. The van der Waals surface area contributed by atoms with E-state index in [0.29, 0.717) is 51.0 Å². The summed E-state index contributed by atoms with van der Waals surface area (Å²) in [6, 6.07) is 0. The number of amides is 1. The van der Waals surface area contributed by atoms with Gasteiger partial charge in [0, 0.05) is 51.2 Å². The van der Waals surface area contributed by atoms with Crippen LogP contribution in [0.3, 0.4) is 0 Å². The van der Waals surface area contributed by atoms with Gasteiger partial charge >= 0.3 is 0 Å². The zero-order valence-electron chi connectivity index (χ0n) is 14.2. The number of piperazine rings is 1. The Kier molecular flexibility index (Phi) is 4.45. The first kappa shape index (κ1) is 16.5. The SMILES string of the molecule is O=C(C1CCOCC1)N1CCN(c2nc(C3CC3)c(F)c(=O)[nH]2)CC1. The van der Waals surface area contributed by atoms with E-state index in [0.717, 1.165) is 25.7 Å². The average molecular weight is 350 g/mol. The van der Waals surface area contributed by atoms with Crippen LogP contribution in [0.1, 0.15) is 37.3 Å². The summed E-state index contributed by atoms with van der Waals surface area (Å²) >= 11 is 0. The van der Waals surface area contributed by atoms with E-state index < -0.39 is 11.4 Å². The molecule has 1 aromatic rings. The smallest absolute Gasteiger partial charge is 0.288 e. The minimum Gasteiger partial charge on any atom is -0.381 e. The van der Waals surface area contributed by atoms with Gasteiger partial charge < -0.3 is 14.5 Å². The molecule has 1 N–H and O–H groups in total. The Balaban J connectivity index is 1.42. The number of hydrogen-bond acceptors (Lipinski definition) is 5. The van der Waals surface area contributed by atoms with Crippen molar-refractivity contribution in [2.75, 3.05) is 44.3 Å². The van der Waals surface area contributed by atoms with E-state index in [2.05, 4.69) is 9.97 Å². The third-order valence-electron chi connectivity index (χ3n) is 5.30. The zero-order chi connectivity index (χ0) is 17.4. The largest absolute Gasteiger partial charge is 0.381 e. The van der Waals surface area contributed by atoms with Crippen LogP contribution in [0.25, 0.3) is 0 Å². The summed E-state index contributed by atoms with van der Waals surface area (Å²) in [6.45, 7) is 3.68. The number of H-pyrrole nitrogens is 1. The molecule has 25 heavy (non-hydrogen) atoms. The Hall–Kier alpha value is -1.96. The van der Waals surface area contributed by atoms with Crippen molar-refractivity contribution in [2.45, 2.75) is 31.6 Å². The molecule has 0 aromatic carbocycles. The van der Waals surface area contributed by atoms with Gasteiger partial charge in [0.2, 0.25) is 17.7 Å². The Morgan fingerprint density at radius 3 is 2.44 bits per heavy atom. The fourth-order valence-electron chi connectivity index (χ4n) is 3.58. The molecule has 3 aliphatic rings. The number of nitrogens with zero attached hydrogens (tertiary/aromatic N) is 3. The van der Waals surface area contributed by atoms with Crippen LogP contribution in [-0.2, 0) is 9.53 Å². The summed E-state index contributed by atoms with van der Waals surface area (Å²) in [7, 11) is 0. The van der Waals surface area contributed by atoms with Crippen molar-refractivity contribution < 1.29 is 13.9 Å². The van der Waals surface area contributed by atoms with Crippen LogP contribution >= 0.6 is 0 Å². The molecular formula is C17H23FN4O3. The molecule has 8 heteroatoms. The fraction of sp³-hybridized carbons (Fsp3) is 0.706. The lowest BCUT2D eigenvalue weighted by molar-refractivity contribution is -0.138. The lowest BCUT2D eigenvalue weighted by Gasteiger charge is -2.37. The lowest BCUT2D eigenvalue weighted by atomic mass is 9.98. The Bertz CT molecular complexity index is 704. The van der Waals surface area contributed by atoms with Crippen LogP contribution in [0.2, 0.25) is 0 Å². The van der Waals surface area contributed by atoms with Crippen molar-refractivity contribution in [2.24, 2.45) is 5.92 Å². The second-order valence-electron chi connectivity index (χ2n) is 7.06. The standard InChI is InChI=1S/C17H23FN4O3/c18-13-14(11-1-2-11)19-17(20-15(13)23)22-7-5-21(6-8-22)16(24)12-3-9-25-10-4-12/h11-12H,1-10H2,(H,19,20,23). The monoisotopic (exact) mass is 350 g/mol. The lowest BCUT2D eigenvalue weighted by Crippen LogP contribution is -2.51. The Labute approximate surface area is 145 Å². The maximum absolute atomic E-state index is 13.9. The molecule has 0 bridgehead atoms. The molecule has 7 nitrogen and oxygen atoms in total. The minimum atomic E-state index is -0.750. The van der Waals surface area contributed by atoms with E-state index in [1.54, 1.807) is 0 Å². The number of aromatic amines is 1. The van der Waals surface area contributed by atoms with Crippen LogP contribution < -0.4 is 10.5 Å². The maximum Gasteiger partial charge on any atom is 0.288 e. The molecule has 1 saturated carbocycles. The molecule has 136 valence electrons. The molecule has 0 radical (unpaired) electrons. The number of carbonyl (C=O) groups excluding carboxylic acids is 1. The van der Waals surface area contributed by atoms with Gasteiger partial charge in [0.25, 0.3) is 5.56 Å². The minimum absolute atomic E-state index is 0.0607. The normalized spacial score (nSPS) is 22.3. The van der Waals surface area contributed by atoms with E-state index >= 15 is 0 Å². The predicted octanol–water partition coefficient (Wildman–Crippen LogP) is 0.862. The van der Waals surface area contributed by atoms with Gasteiger partial charge in [0.1, 0.15) is 0 Å². The predicted molar refractivity (Wildman–Crippen MR) is 89.1 cm³/mol. The number of hydrogen-bond donors (Lipinski definition) is 1. The van der Waals surface area contributed by atoms with Crippen LogP contribution in [0.5, 0.6) is 0 Å². The summed E-state index contributed by atoms with van der Waals surface area (Å²) < 4.78 is 19.2. The van der Waals surface area contributed by atoms with Gasteiger partial charge in [0.15, 0.2) is 0 Å². The molecule has 1 aromatic heterocycles. The van der Waals surface area contributed by atoms with Crippen molar-refractivity contribution in [3.05, 3.63) is 21.9 Å². The number of nitrogens with one attached hydrogen (secondary N) is 1. The summed E-state index contributed by atoms with van der Waals surface area (Å²) in [5.74, 6) is 0.0104. The molecule has 0 atom stereocenters. The number of anilines is 1. The van der Waals surface area contributed by atoms with E-state index in [1.165, 1.54) is 0 Å². The first-order valence-electron chi connectivity index (χ1n) is 9.04.